The van der Waals surface area contributed by atoms with Crippen molar-refractivity contribution >= 4 is 11.6 Å². The van der Waals surface area contributed by atoms with Crippen LogP contribution in [0.15, 0.2) is 24.3 Å². The van der Waals surface area contributed by atoms with Gasteiger partial charge in [0.1, 0.15) is 5.75 Å². The highest BCUT2D eigenvalue weighted by molar-refractivity contribution is 5.78. The second-order valence-corrected chi connectivity index (χ2v) is 4.75. The summed E-state index contributed by atoms with van der Waals surface area (Å²) in [7, 11) is 0. The van der Waals surface area contributed by atoms with Crippen molar-refractivity contribution in [3.63, 3.8) is 0 Å². The van der Waals surface area contributed by atoms with E-state index in [4.69, 9.17) is 10.5 Å². The van der Waals surface area contributed by atoms with Gasteiger partial charge in [0.25, 0.3) is 5.91 Å². The van der Waals surface area contributed by atoms with E-state index in [0.29, 0.717) is 11.4 Å². The Morgan fingerprint density at radius 3 is 2.16 bits per heavy atom. The van der Waals surface area contributed by atoms with Gasteiger partial charge in [-0.2, -0.15) is 0 Å². The highest BCUT2D eigenvalue weighted by atomic mass is 16.5. The molecule has 0 saturated heterocycles. The van der Waals surface area contributed by atoms with Gasteiger partial charge in [-0.25, -0.2) is 0 Å². The van der Waals surface area contributed by atoms with Gasteiger partial charge >= 0.3 is 0 Å². The van der Waals surface area contributed by atoms with Crippen LogP contribution in [0.1, 0.15) is 40.0 Å². The molecular formula is C15H24N2O2. The van der Waals surface area contributed by atoms with Crippen LogP contribution in [-0.4, -0.2) is 18.1 Å². The molecule has 4 nitrogen and oxygen atoms in total. The lowest BCUT2D eigenvalue weighted by Gasteiger charge is -2.31. The Kier molecular flexibility index (Phi) is 5.67. The first kappa shape index (κ1) is 15.3. The summed E-state index contributed by atoms with van der Waals surface area (Å²) in [6.07, 6.45) is 2.77. The molecule has 0 aliphatic carbocycles. The fraction of sp³-hybridized carbons (Fsp3) is 0.533. The van der Waals surface area contributed by atoms with Crippen LogP contribution in [-0.2, 0) is 4.79 Å². The number of benzene rings is 1. The molecule has 0 unspecified atom stereocenters. The molecule has 0 saturated carbocycles. The third-order valence-electron chi connectivity index (χ3n) is 3.68. The van der Waals surface area contributed by atoms with Crippen LogP contribution in [0, 0.1) is 0 Å². The lowest BCUT2D eigenvalue weighted by atomic mass is 9.90. The number of nitrogens with one attached hydrogen (secondary N) is 1. The maximum atomic E-state index is 11.9. The Morgan fingerprint density at radius 2 is 1.68 bits per heavy atom. The van der Waals surface area contributed by atoms with Gasteiger partial charge in [-0.05, 0) is 43.5 Å². The van der Waals surface area contributed by atoms with Crippen LogP contribution < -0.4 is 15.8 Å². The van der Waals surface area contributed by atoms with Crippen LogP contribution in [0.3, 0.4) is 0 Å². The monoisotopic (exact) mass is 264 g/mol. The molecule has 0 heterocycles. The second kappa shape index (κ2) is 7.02. The summed E-state index contributed by atoms with van der Waals surface area (Å²) >= 11 is 0. The molecule has 0 radical (unpaired) electrons. The molecule has 19 heavy (non-hydrogen) atoms. The van der Waals surface area contributed by atoms with Crippen LogP contribution in [0.25, 0.3) is 0 Å². The number of amides is 1. The van der Waals surface area contributed by atoms with Gasteiger partial charge in [0.05, 0.1) is 0 Å². The van der Waals surface area contributed by atoms with Crippen molar-refractivity contribution in [3.8, 4) is 5.75 Å². The fourth-order valence-electron chi connectivity index (χ4n) is 2.06. The van der Waals surface area contributed by atoms with Crippen LogP contribution in [0.4, 0.5) is 5.69 Å². The largest absolute Gasteiger partial charge is 0.484 e. The van der Waals surface area contributed by atoms with Gasteiger partial charge in [0.2, 0.25) is 0 Å². The Morgan fingerprint density at radius 1 is 1.16 bits per heavy atom. The molecule has 0 fully saturated rings. The molecule has 1 rings (SSSR count). The summed E-state index contributed by atoms with van der Waals surface area (Å²) in [5, 5.41) is 3.07. The number of hydrogen-bond acceptors (Lipinski definition) is 3. The molecular weight excluding hydrogens is 240 g/mol. The quantitative estimate of drug-likeness (QED) is 0.744. The van der Waals surface area contributed by atoms with E-state index in [1.54, 1.807) is 24.3 Å². The number of nitrogen functional groups attached to an aromatic ring is 1. The number of carbonyl (C=O) groups excluding carboxylic acids is 1. The molecule has 0 aliphatic rings. The van der Waals surface area contributed by atoms with Crippen molar-refractivity contribution in [3.05, 3.63) is 24.3 Å². The summed E-state index contributed by atoms with van der Waals surface area (Å²) in [6.45, 7) is 6.31. The Labute approximate surface area is 115 Å². The van der Waals surface area contributed by atoms with Gasteiger partial charge in [0.15, 0.2) is 6.61 Å². The van der Waals surface area contributed by atoms with Crippen molar-refractivity contribution in [2.24, 2.45) is 0 Å². The molecule has 0 bridgehead atoms. The highest BCUT2D eigenvalue weighted by Crippen LogP contribution is 2.19. The summed E-state index contributed by atoms with van der Waals surface area (Å²) in [5.74, 6) is 0.571. The van der Waals surface area contributed by atoms with Crippen molar-refractivity contribution in [1.82, 2.24) is 5.32 Å². The molecule has 106 valence electrons. The summed E-state index contributed by atoms with van der Waals surface area (Å²) < 4.78 is 5.43. The zero-order valence-electron chi connectivity index (χ0n) is 12.0. The first-order chi connectivity index (χ1) is 9.05. The lowest BCUT2D eigenvalue weighted by Crippen LogP contribution is -2.48. The smallest absolute Gasteiger partial charge is 0.258 e. The van der Waals surface area contributed by atoms with E-state index in [1.165, 1.54) is 0 Å². The van der Waals surface area contributed by atoms with Crippen molar-refractivity contribution < 1.29 is 9.53 Å². The minimum absolute atomic E-state index is 0.0334. The number of rotatable bonds is 7. The zero-order chi connectivity index (χ0) is 14.3. The average molecular weight is 264 g/mol. The molecule has 1 aromatic carbocycles. The normalized spacial score (nSPS) is 11.1. The van der Waals surface area contributed by atoms with E-state index in [9.17, 15) is 4.79 Å². The minimum atomic E-state index is -0.110. The predicted octanol–water partition coefficient (Wildman–Crippen LogP) is 2.73. The molecule has 0 spiro atoms. The number of ether oxygens (including phenoxy) is 1. The maximum absolute atomic E-state index is 11.9. The topological polar surface area (TPSA) is 64.3 Å². The number of carbonyl (C=O) groups is 1. The van der Waals surface area contributed by atoms with Gasteiger partial charge in [-0.1, -0.05) is 20.8 Å². The van der Waals surface area contributed by atoms with Crippen molar-refractivity contribution in [2.75, 3.05) is 12.3 Å². The average Bonchev–Trinajstić information content (AvgIpc) is 2.44. The van der Waals surface area contributed by atoms with Crippen LogP contribution in [0.2, 0.25) is 0 Å². The number of nitrogens with two attached hydrogens (primary N) is 1. The molecule has 0 aliphatic heterocycles. The molecule has 1 amide bonds. The fourth-order valence-corrected chi connectivity index (χ4v) is 2.06. The van der Waals surface area contributed by atoms with Crippen LogP contribution in [0.5, 0.6) is 5.75 Å². The first-order valence-electron chi connectivity index (χ1n) is 6.84. The lowest BCUT2D eigenvalue weighted by molar-refractivity contribution is -0.125. The summed E-state index contributed by atoms with van der Waals surface area (Å²) in [4.78, 5) is 11.9. The van der Waals surface area contributed by atoms with Gasteiger partial charge < -0.3 is 15.8 Å². The van der Waals surface area contributed by atoms with E-state index >= 15 is 0 Å². The molecule has 0 aromatic heterocycles. The third-order valence-corrected chi connectivity index (χ3v) is 3.68. The van der Waals surface area contributed by atoms with Crippen molar-refractivity contribution in [1.29, 1.82) is 0 Å². The van der Waals surface area contributed by atoms with Gasteiger partial charge in [-0.15, -0.1) is 0 Å². The standard InChI is InChI=1S/C15H24N2O2/c1-4-15(5-2,6-3)17-14(18)11-19-13-9-7-12(16)8-10-13/h7-10H,4-6,11,16H2,1-3H3,(H,17,18). The molecule has 1 aromatic rings. The zero-order valence-corrected chi connectivity index (χ0v) is 12.0. The van der Waals surface area contributed by atoms with Crippen LogP contribution >= 0.6 is 0 Å². The van der Waals surface area contributed by atoms with Gasteiger partial charge in [-0.3, -0.25) is 4.79 Å². The van der Waals surface area contributed by atoms with E-state index < -0.39 is 0 Å². The van der Waals surface area contributed by atoms with E-state index in [-0.39, 0.29) is 18.1 Å². The number of anilines is 1. The highest BCUT2D eigenvalue weighted by Gasteiger charge is 2.25. The first-order valence-corrected chi connectivity index (χ1v) is 6.84. The predicted molar refractivity (Wildman–Crippen MR) is 78.1 cm³/mol. The SMILES string of the molecule is CCC(CC)(CC)NC(=O)COc1ccc(N)cc1. The minimum Gasteiger partial charge on any atom is -0.484 e. The molecule has 0 atom stereocenters. The molecule has 3 N–H and O–H groups in total. The Bertz CT molecular complexity index is 389. The van der Waals surface area contributed by atoms with E-state index in [1.807, 2.05) is 0 Å². The summed E-state index contributed by atoms with van der Waals surface area (Å²) in [6, 6.07) is 7.02. The van der Waals surface area contributed by atoms with Crippen molar-refractivity contribution in [2.45, 2.75) is 45.6 Å². The maximum Gasteiger partial charge on any atom is 0.258 e. The second-order valence-electron chi connectivity index (χ2n) is 4.75. The Balaban J connectivity index is 2.49. The van der Waals surface area contributed by atoms with Gasteiger partial charge in [0, 0.05) is 11.2 Å². The summed E-state index contributed by atoms with van der Waals surface area (Å²) in [5.41, 5.74) is 6.15. The molecule has 4 heteroatoms. The van der Waals surface area contributed by atoms with E-state index in [0.717, 1.165) is 19.3 Å². The third kappa shape index (κ3) is 4.47. The number of hydrogen-bond donors (Lipinski definition) is 2. The Hall–Kier alpha value is -1.71. The van der Waals surface area contributed by atoms with E-state index in [2.05, 4.69) is 26.1 Å².